The molecule has 96 valence electrons. The molecule has 1 unspecified atom stereocenters. The number of piperidine rings is 1. The van der Waals surface area contributed by atoms with E-state index in [1.54, 1.807) is 6.07 Å². The van der Waals surface area contributed by atoms with Crippen LogP contribution in [0.5, 0.6) is 5.75 Å². The minimum Gasteiger partial charge on any atom is -0.492 e. The van der Waals surface area contributed by atoms with Crippen molar-refractivity contribution < 1.29 is 18.7 Å². The van der Waals surface area contributed by atoms with Crippen LogP contribution in [-0.4, -0.2) is 18.9 Å². The topological polar surface area (TPSA) is 55.4 Å². The average molecular weight is 316 g/mol. The summed E-state index contributed by atoms with van der Waals surface area (Å²) in [5.74, 6) is -1.93. The number of ether oxygens (including phenoxy) is 1. The molecule has 2 amide bonds. The molecule has 18 heavy (non-hydrogen) atoms. The highest BCUT2D eigenvalue weighted by atomic mass is 79.9. The Balaban J connectivity index is 2.40. The van der Waals surface area contributed by atoms with Gasteiger partial charge in [-0.05, 0) is 28.4 Å². The molecule has 1 saturated heterocycles. The number of hydrogen-bond donors (Lipinski definition) is 1. The van der Waals surface area contributed by atoms with E-state index in [0.717, 1.165) is 0 Å². The van der Waals surface area contributed by atoms with E-state index < -0.39 is 17.6 Å². The Kier molecular flexibility index (Phi) is 3.65. The minimum absolute atomic E-state index is 0.0669. The molecule has 1 heterocycles. The molecule has 1 aliphatic heterocycles. The number of nitrogens with one attached hydrogen (secondary N) is 1. The molecule has 0 aromatic heterocycles. The van der Waals surface area contributed by atoms with Gasteiger partial charge in [-0.15, -0.1) is 0 Å². The summed E-state index contributed by atoms with van der Waals surface area (Å²) >= 11 is 3.17. The van der Waals surface area contributed by atoms with Crippen molar-refractivity contribution >= 4 is 27.7 Å². The summed E-state index contributed by atoms with van der Waals surface area (Å²) < 4.78 is 19.6. The number of imide groups is 1. The van der Waals surface area contributed by atoms with Gasteiger partial charge in [-0.1, -0.05) is 6.07 Å². The summed E-state index contributed by atoms with van der Waals surface area (Å²) in [6, 6.07) is 3.16. The standard InChI is InChI=1S/C12H11BrFNO3/c1-18-11-8(13)4-2-6(10(11)14)7-3-5-9(16)15-12(7)17/h2,4,7H,3,5H2,1H3,(H,15,16,17). The van der Waals surface area contributed by atoms with Gasteiger partial charge in [-0.25, -0.2) is 4.39 Å². The van der Waals surface area contributed by atoms with E-state index in [0.29, 0.717) is 10.9 Å². The molecule has 0 spiro atoms. The van der Waals surface area contributed by atoms with Crippen LogP contribution in [0.2, 0.25) is 0 Å². The number of rotatable bonds is 2. The van der Waals surface area contributed by atoms with Crippen LogP contribution in [0.25, 0.3) is 0 Å². The molecular formula is C12H11BrFNO3. The maximum absolute atomic E-state index is 14.2. The van der Waals surface area contributed by atoms with Gasteiger partial charge in [0.1, 0.15) is 0 Å². The summed E-state index contributed by atoms with van der Waals surface area (Å²) in [6.45, 7) is 0. The van der Waals surface area contributed by atoms with E-state index in [1.807, 2.05) is 0 Å². The molecular weight excluding hydrogens is 305 g/mol. The fourth-order valence-electron chi connectivity index (χ4n) is 1.99. The van der Waals surface area contributed by atoms with Crippen LogP contribution in [0.4, 0.5) is 4.39 Å². The summed E-state index contributed by atoms with van der Waals surface area (Å²) in [7, 11) is 1.36. The lowest BCUT2D eigenvalue weighted by Crippen LogP contribution is -2.39. The molecule has 1 atom stereocenters. The molecule has 4 nitrogen and oxygen atoms in total. The van der Waals surface area contributed by atoms with Crippen molar-refractivity contribution in [3.63, 3.8) is 0 Å². The van der Waals surface area contributed by atoms with Gasteiger partial charge in [0.25, 0.3) is 0 Å². The Hall–Kier alpha value is -1.43. The second-order valence-electron chi connectivity index (χ2n) is 3.99. The van der Waals surface area contributed by atoms with E-state index in [4.69, 9.17) is 4.74 Å². The summed E-state index contributed by atoms with van der Waals surface area (Å²) in [5, 5.41) is 2.21. The molecule has 0 radical (unpaired) electrons. The van der Waals surface area contributed by atoms with E-state index in [1.165, 1.54) is 13.2 Å². The fourth-order valence-corrected chi connectivity index (χ4v) is 2.46. The van der Waals surface area contributed by atoms with Crippen LogP contribution in [0.15, 0.2) is 16.6 Å². The second-order valence-corrected chi connectivity index (χ2v) is 4.84. The molecule has 0 saturated carbocycles. The van der Waals surface area contributed by atoms with Crippen LogP contribution in [0.3, 0.4) is 0 Å². The maximum Gasteiger partial charge on any atom is 0.234 e. The molecule has 1 aromatic carbocycles. The third-order valence-corrected chi connectivity index (χ3v) is 3.52. The quantitative estimate of drug-likeness (QED) is 0.850. The van der Waals surface area contributed by atoms with Crippen LogP contribution >= 0.6 is 15.9 Å². The zero-order chi connectivity index (χ0) is 13.3. The van der Waals surface area contributed by atoms with Crippen LogP contribution in [0.1, 0.15) is 24.3 Å². The number of hydrogen-bond acceptors (Lipinski definition) is 3. The first-order chi connectivity index (χ1) is 8.54. The van der Waals surface area contributed by atoms with Crippen molar-refractivity contribution in [2.45, 2.75) is 18.8 Å². The molecule has 2 rings (SSSR count). The minimum atomic E-state index is -0.648. The Morgan fingerprint density at radius 1 is 1.44 bits per heavy atom. The predicted octanol–water partition coefficient (Wildman–Crippen LogP) is 2.12. The summed E-state index contributed by atoms with van der Waals surface area (Å²) in [6.07, 6.45) is 0.528. The number of halogens is 2. The third kappa shape index (κ3) is 2.25. The van der Waals surface area contributed by atoms with Crippen LogP contribution < -0.4 is 10.1 Å². The normalized spacial score (nSPS) is 19.6. The highest BCUT2D eigenvalue weighted by Crippen LogP contribution is 2.35. The van der Waals surface area contributed by atoms with E-state index in [9.17, 15) is 14.0 Å². The van der Waals surface area contributed by atoms with E-state index >= 15 is 0 Å². The number of benzene rings is 1. The number of carbonyl (C=O) groups excluding carboxylic acids is 2. The van der Waals surface area contributed by atoms with Crippen molar-refractivity contribution in [2.24, 2.45) is 0 Å². The van der Waals surface area contributed by atoms with Gasteiger partial charge >= 0.3 is 0 Å². The first-order valence-corrected chi connectivity index (χ1v) is 6.19. The Morgan fingerprint density at radius 3 is 2.78 bits per heavy atom. The van der Waals surface area contributed by atoms with Gasteiger partial charge in [0.2, 0.25) is 11.8 Å². The maximum atomic E-state index is 14.2. The zero-order valence-electron chi connectivity index (χ0n) is 9.63. The lowest BCUT2D eigenvalue weighted by molar-refractivity contribution is -0.134. The van der Waals surface area contributed by atoms with Gasteiger partial charge in [0.15, 0.2) is 11.6 Å². The molecule has 0 bridgehead atoms. The Bertz CT molecular complexity index is 518. The lowest BCUT2D eigenvalue weighted by atomic mass is 9.90. The molecule has 1 aliphatic rings. The molecule has 0 aliphatic carbocycles. The Morgan fingerprint density at radius 2 is 2.17 bits per heavy atom. The van der Waals surface area contributed by atoms with Gasteiger partial charge < -0.3 is 4.74 Å². The van der Waals surface area contributed by atoms with E-state index in [-0.39, 0.29) is 23.6 Å². The molecule has 1 aromatic rings. The van der Waals surface area contributed by atoms with Gasteiger partial charge in [-0.3, -0.25) is 14.9 Å². The van der Waals surface area contributed by atoms with Crippen molar-refractivity contribution in [3.8, 4) is 5.75 Å². The smallest absolute Gasteiger partial charge is 0.234 e. The average Bonchev–Trinajstić information content (AvgIpc) is 2.31. The largest absolute Gasteiger partial charge is 0.492 e. The van der Waals surface area contributed by atoms with Crippen LogP contribution in [-0.2, 0) is 9.59 Å². The number of amides is 2. The fraction of sp³-hybridized carbons (Fsp3) is 0.333. The SMILES string of the molecule is COc1c(Br)ccc(C2CCC(=O)NC2=O)c1F. The highest BCUT2D eigenvalue weighted by molar-refractivity contribution is 9.10. The second kappa shape index (κ2) is 5.06. The predicted molar refractivity (Wildman–Crippen MR) is 65.8 cm³/mol. The first-order valence-electron chi connectivity index (χ1n) is 5.40. The zero-order valence-corrected chi connectivity index (χ0v) is 11.2. The van der Waals surface area contributed by atoms with Gasteiger partial charge in [0, 0.05) is 12.0 Å². The van der Waals surface area contributed by atoms with Crippen molar-refractivity contribution in [2.75, 3.05) is 7.11 Å². The van der Waals surface area contributed by atoms with Crippen molar-refractivity contribution in [1.82, 2.24) is 5.32 Å². The summed E-state index contributed by atoms with van der Waals surface area (Å²) in [5.41, 5.74) is 0.250. The summed E-state index contributed by atoms with van der Waals surface area (Å²) in [4.78, 5) is 22.7. The van der Waals surface area contributed by atoms with Crippen LogP contribution in [0, 0.1) is 5.82 Å². The first kappa shape index (κ1) is 13.0. The van der Waals surface area contributed by atoms with Gasteiger partial charge in [-0.2, -0.15) is 0 Å². The molecule has 1 N–H and O–H groups in total. The van der Waals surface area contributed by atoms with Crippen molar-refractivity contribution in [3.05, 3.63) is 28.0 Å². The monoisotopic (exact) mass is 315 g/mol. The molecule has 6 heteroatoms. The third-order valence-electron chi connectivity index (χ3n) is 2.90. The van der Waals surface area contributed by atoms with E-state index in [2.05, 4.69) is 21.2 Å². The Labute approximate surface area is 112 Å². The number of carbonyl (C=O) groups is 2. The molecule has 1 fully saturated rings. The lowest BCUT2D eigenvalue weighted by Gasteiger charge is -2.22. The highest BCUT2D eigenvalue weighted by Gasteiger charge is 2.31. The van der Waals surface area contributed by atoms with Gasteiger partial charge in [0.05, 0.1) is 17.5 Å². The van der Waals surface area contributed by atoms with Crippen molar-refractivity contribution in [1.29, 1.82) is 0 Å². The number of methoxy groups -OCH3 is 1.